The van der Waals surface area contributed by atoms with Gasteiger partial charge in [0.25, 0.3) is 0 Å². The van der Waals surface area contributed by atoms with Gasteiger partial charge in [0.1, 0.15) is 83.9 Å². The molecule has 5 heterocycles. The zero-order chi connectivity index (χ0) is 62.6. The Morgan fingerprint density at radius 1 is 0.250 bits per heavy atom. The summed E-state index contributed by atoms with van der Waals surface area (Å²) in [6, 6.07) is 38.9. The van der Waals surface area contributed by atoms with Crippen LogP contribution in [0.3, 0.4) is 0 Å². The Balaban J connectivity index is 0.000000114. The van der Waals surface area contributed by atoms with E-state index in [0.717, 1.165) is 63.2 Å². The maximum absolute atomic E-state index is 10.0. The lowest BCUT2D eigenvalue weighted by atomic mass is 10.1. The predicted molar refractivity (Wildman–Crippen MR) is 366 cm³/mol. The van der Waals surface area contributed by atoms with Gasteiger partial charge in [0.15, 0.2) is 0 Å². The average Bonchev–Trinajstić information content (AvgIpc) is 1.43. The van der Waals surface area contributed by atoms with Gasteiger partial charge in [-0.2, -0.15) is 0 Å². The van der Waals surface area contributed by atoms with E-state index in [2.05, 4.69) is 97.6 Å². The first-order chi connectivity index (χ1) is 42.0. The third-order valence-corrected chi connectivity index (χ3v) is 18.1. The second kappa shape index (κ2) is 25.5. The van der Waals surface area contributed by atoms with Crippen LogP contribution in [0.15, 0.2) is 147 Å². The van der Waals surface area contributed by atoms with Crippen molar-refractivity contribution in [1.82, 2.24) is 49.8 Å². The van der Waals surface area contributed by atoms with Gasteiger partial charge in [-0.15, -0.1) is 0 Å². The number of nitrogens with zero attached hydrogens (tertiary/aromatic N) is 10. The molecule has 0 bridgehead atoms. The summed E-state index contributed by atoms with van der Waals surface area (Å²) in [7, 11) is 0. The summed E-state index contributed by atoms with van der Waals surface area (Å²) in [5.41, 5.74) is 15.9. The van der Waals surface area contributed by atoms with Crippen molar-refractivity contribution >= 4 is 228 Å². The number of benzene rings is 10. The highest BCUT2D eigenvalue weighted by molar-refractivity contribution is 9.13. The molecule has 0 radical (unpaired) electrons. The number of fused-ring (bicyclic) bond motifs is 10. The van der Waals surface area contributed by atoms with Crippen LogP contribution in [-0.4, -0.2) is 75.4 Å². The lowest BCUT2D eigenvalue weighted by Crippen LogP contribution is -1.91. The minimum atomic E-state index is 0.0230. The highest BCUT2D eigenvalue weighted by Crippen LogP contribution is 2.38. The molecule has 0 aliphatic carbocycles. The first-order valence-corrected chi connectivity index (χ1v) is 30.7. The average molecular weight is 1480 g/mol. The summed E-state index contributed by atoms with van der Waals surface area (Å²) >= 11 is 46.4. The minimum Gasteiger partial charge on any atom is -0.506 e. The van der Waals surface area contributed by atoms with E-state index in [4.69, 9.17) is 69.6 Å². The van der Waals surface area contributed by atoms with Crippen molar-refractivity contribution < 1.29 is 25.5 Å². The molecule has 24 heteroatoms. The van der Waals surface area contributed by atoms with E-state index >= 15 is 0 Å². The van der Waals surface area contributed by atoms with Crippen LogP contribution in [0.5, 0.6) is 28.7 Å². The number of rotatable bonds is 0. The Hall–Kier alpha value is -7.62. The van der Waals surface area contributed by atoms with Gasteiger partial charge in [-0.3, -0.25) is 0 Å². The standard InChI is InChI=1S/C14H11ClN2O.C13H9BrN2O.C13H9ClN2O.C12H5Br2ClN2O.C12H5Cl3N2O/c1-7-5-10-11(6-8(7)2)17-14-12(18)4-3-9(15)13(14)16-10;2*1-7-6-8(14)11-12(13(7)17)16-10-5-3-2-4-9(10)15-11;13-5-3-8-9(4-6(5)14)17-12-10(18)2-1-7(15)11(12)16-8;13-5-1-2-10(18)12-11(5)16-8-3-6(14)7(15)4-9(8)17-12/h3-6,18H,1-2H3;2*2-6,17H,1H3;2*1-4,18H. The van der Waals surface area contributed by atoms with Crippen LogP contribution in [-0.2, 0) is 0 Å². The smallest absolute Gasteiger partial charge is 0.146 e. The van der Waals surface area contributed by atoms with Gasteiger partial charge in [-0.25, -0.2) is 49.8 Å². The van der Waals surface area contributed by atoms with Crippen molar-refractivity contribution in [1.29, 1.82) is 0 Å². The number of aromatic hydroxyl groups is 5. The highest BCUT2D eigenvalue weighted by atomic mass is 79.9. The van der Waals surface area contributed by atoms with E-state index in [-0.39, 0.29) is 28.7 Å². The Bertz CT molecular complexity index is 4740. The van der Waals surface area contributed by atoms with Crippen molar-refractivity contribution in [2.24, 2.45) is 0 Å². The number of phenolic OH excluding ortho intramolecular Hbond substituents is 5. The zero-order valence-electron chi connectivity index (χ0n) is 45.8. The second-order valence-electron chi connectivity index (χ2n) is 19.8. The molecule has 0 aliphatic rings. The third kappa shape index (κ3) is 12.5. The van der Waals surface area contributed by atoms with E-state index in [1.165, 1.54) is 18.2 Å². The molecule has 0 aliphatic heterocycles. The molecule has 5 N–H and O–H groups in total. The van der Waals surface area contributed by atoms with Crippen molar-refractivity contribution in [2.75, 3.05) is 0 Å². The molecule has 0 atom stereocenters. The van der Waals surface area contributed by atoms with Crippen LogP contribution in [0, 0.1) is 27.7 Å². The number of aromatic nitrogens is 10. The van der Waals surface area contributed by atoms with Gasteiger partial charge in [0.2, 0.25) is 0 Å². The maximum atomic E-state index is 10.0. The van der Waals surface area contributed by atoms with Gasteiger partial charge in [0, 0.05) is 13.4 Å². The summed E-state index contributed by atoms with van der Waals surface area (Å²) in [5.74, 6) is 0.531. The molecule has 0 spiro atoms. The summed E-state index contributed by atoms with van der Waals surface area (Å²) in [6.45, 7) is 7.69. The lowest BCUT2D eigenvalue weighted by Gasteiger charge is -2.06. The van der Waals surface area contributed by atoms with Crippen molar-refractivity contribution in [3.63, 3.8) is 0 Å². The molecule has 0 unspecified atom stereocenters. The molecule has 88 heavy (non-hydrogen) atoms. The molecule has 0 amide bonds. The lowest BCUT2D eigenvalue weighted by molar-refractivity contribution is 0.476. The monoisotopic (exact) mass is 1470 g/mol. The fraction of sp³-hybridized carbons (Fsp3) is 0.0625. The van der Waals surface area contributed by atoms with E-state index in [9.17, 15) is 25.5 Å². The normalized spacial score (nSPS) is 11.2. The van der Waals surface area contributed by atoms with Gasteiger partial charge in [-0.05, 0) is 207 Å². The first-order valence-electron chi connectivity index (χ1n) is 26.0. The van der Waals surface area contributed by atoms with Gasteiger partial charge < -0.3 is 25.5 Å². The van der Waals surface area contributed by atoms with Crippen LogP contribution >= 0.6 is 117 Å². The molecule has 0 fully saturated rings. The number of aryl methyl sites for hydroxylation is 4. The molecule has 5 aromatic heterocycles. The van der Waals surface area contributed by atoms with E-state index < -0.39 is 0 Å². The predicted octanol–water partition coefficient (Wildman–Crippen LogP) is 19.9. The SMILES string of the molecule is Cc1cc(Br)c2nc3ccccc3nc2c1O.Cc1cc(Cl)c2nc3ccccc3nc2c1O.Cc1cc2nc3c(O)ccc(Cl)c3nc2cc1C.Oc1ccc(Cl)c2nc3cc(Br)c(Br)cc3nc12.Oc1ccc(Cl)c2nc3cc(Cl)c(Cl)cc3nc12. The summed E-state index contributed by atoms with van der Waals surface area (Å²) in [4.78, 5) is 44.2. The minimum absolute atomic E-state index is 0.0230. The van der Waals surface area contributed by atoms with Gasteiger partial charge in [0.05, 0.1) is 85.3 Å². The van der Waals surface area contributed by atoms with Crippen molar-refractivity contribution in [3.8, 4) is 28.7 Å². The van der Waals surface area contributed by atoms with Crippen molar-refractivity contribution in [2.45, 2.75) is 27.7 Å². The molecular weight excluding hydrogens is 1440 g/mol. The van der Waals surface area contributed by atoms with E-state index in [0.29, 0.717) is 113 Å². The second-order valence-corrected chi connectivity index (χ2v) is 24.8. The third-order valence-electron chi connectivity index (χ3n) is 13.7. The molecular formula is C64H39Br3Cl6N10O5. The Morgan fingerprint density at radius 2 is 0.534 bits per heavy atom. The molecule has 15 aromatic rings. The number of phenols is 5. The topological polar surface area (TPSA) is 230 Å². The van der Waals surface area contributed by atoms with E-state index in [1.807, 2.05) is 99.6 Å². The summed E-state index contributed by atoms with van der Waals surface area (Å²) in [6.07, 6.45) is 0. The summed E-state index contributed by atoms with van der Waals surface area (Å²) < 4.78 is 2.62. The molecule has 438 valence electrons. The first kappa shape index (κ1) is 62.0. The maximum Gasteiger partial charge on any atom is 0.146 e. The Labute approximate surface area is 554 Å². The number of hydrogen-bond donors (Lipinski definition) is 5. The number of halogens is 9. The van der Waals surface area contributed by atoms with Crippen molar-refractivity contribution in [3.05, 3.63) is 199 Å². The van der Waals surface area contributed by atoms with Crippen LogP contribution in [0.25, 0.3) is 110 Å². The summed E-state index contributed by atoms with van der Waals surface area (Å²) in [5, 5.41) is 52.1. The zero-order valence-corrected chi connectivity index (χ0v) is 55.1. The quantitative estimate of drug-likeness (QED) is 0.0889. The van der Waals surface area contributed by atoms with Gasteiger partial charge >= 0.3 is 0 Å². The molecule has 15 rings (SSSR count). The van der Waals surface area contributed by atoms with Crippen LogP contribution in [0.4, 0.5) is 0 Å². The number of para-hydroxylation sites is 4. The molecule has 0 saturated heterocycles. The fourth-order valence-corrected chi connectivity index (χ4v) is 11.5. The van der Waals surface area contributed by atoms with Gasteiger partial charge in [-0.1, -0.05) is 93.9 Å². The molecule has 15 nitrogen and oxygen atoms in total. The van der Waals surface area contributed by atoms with E-state index in [1.54, 1.807) is 43.3 Å². The molecule has 10 aromatic carbocycles. The Morgan fingerprint density at radius 3 is 0.920 bits per heavy atom. The highest BCUT2D eigenvalue weighted by Gasteiger charge is 2.16. The Kier molecular flexibility index (Phi) is 17.9. The molecule has 0 saturated carbocycles. The number of hydrogen-bond acceptors (Lipinski definition) is 15. The largest absolute Gasteiger partial charge is 0.506 e. The van der Waals surface area contributed by atoms with Crippen LogP contribution in [0.2, 0.25) is 30.1 Å². The fourth-order valence-electron chi connectivity index (χ4n) is 9.07. The van der Waals surface area contributed by atoms with Crippen LogP contribution in [0.1, 0.15) is 22.3 Å². The van der Waals surface area contributed by atoms with Crippen LogP contribution < -0.4 is 0 Å².